The molecule has 4 aromatic rings. The van der Waals surface area contributed by atoms with E-state index in [2.05, 4.69) is 36.9 Å². The van der Waals surface area contributed by atoms with Gasteiger partial charge in [0, 0.05) is 18.2 Å². The fourth-order valence-corrected chi connectivity index (χ4v) is 4.69. The molecule has 2 aliphatic heterocycles. The lowest BCUT2D eigenvalue weighted by Gasteiger charge is -2.19. The normalized spacial score (nSPS) is 18.6. The Kier molecular flexibility index (Phi) is 3.36. The molecule has 0 saturated heterocycles. The molecule has 0 N–H and O–H groups in total. The van der Waals surface area contributed by atoms with Crippen LogP contribution in [0.1, 0.15) is 37.7 Å². The fourth-order valence-electron chi connectivity index (χ4n) is 4.69. The second-order valence-corrected chi connectivity index (χ2v) is 9.26. The van der Waals surface area contributed by atoms with Gasteiger partial charge in [-0.1, -0.05) is 29.9 Å². The van der Waals surface area contributed by atoms with Gasteiger partial charge in [-0.2, -0.15) is 23.4 Å². The average molecular weight is 439 g/mol. The molecule has 1 unspecified atom stereocenters. The molecule has 1 atom stereocenters. The number of nitrogens with zero attached hydrogens (tertiary/aromatic N) is 7. The van der Waals surface area contributed by atoms with Crippen molar-refractivity contribution < 1.29 is 22.3 Å². The summed E-state index contributed by atoms with van der Waals surface area (Å²) in [6.07, 6.45) is 2.25. The summed E-state index contributed by atoms with van der Waals surface area (Å²) in [6.45, 7) is 8.24. The van der Waals surface area contributed by atoms with Crippen molar-refractivity contribution in [3.8, 4) is 22.8 Å². The van der Waals surface area contributed by atoms with Gasteiger partial charge in [-0.05, 0) is 24.0 Å². The predicted octanol–water partition coefficient (Wildman–Crippen LogP) is 2.85. The second kappa shape index (κ2) is 5.62. The highest BCUT2D eigenvalue weighted by Gasteiger charge is 2.70. The zero-order valence-corrected chi connectivity index (χ0v) is 17.9. The molecule has 162 valence electrons. The van der Waals surface area contributed by atoms with Gasteiger partial charge in [0.15, 0.2) is 23.8 Å². The molecule has 2 aliphatic rings. The minimum absolute atomic E-state index is 0.101. The van der Waals surface area contributed by atoms with Crippen molar-refractivity contribution in [3.63, 3.8) is 0 Å². The van der Waals surface area contributed by atoms with Gasteiger partial charge in [0.1, 0.15) is 11.9 Å². The van der Waals surface area contributed by atoms with Crippen LogP contribution in [0.3, 0.4) is 0 Å². The molecule has 0 aromatic carbocycles. The van der Waals surface area contributed by atoms with Gasteiger partial charge in [0.05, 0.1) is 11.9 Å². The summed E-state index contributed by atoms with van der Waals surface area (Å²) in [5.41, 5.74) is 3.33. The maximum atomic E-state index is 13.6. The molecule has 7 nitrogen and oxygen atoms in total. The molecule has 0 amide bonds. The van der Waals surface area contributed by atoms with E-state index in [-0.39, 0.29) is 5.41 Å². The molecule has 0 saturated carbocycles. The number of rotatable bonds is 0. The molecule has 0 radical (unpaired) electrons. The zero-order chi connectivity index (χ0) is 22.6. The molecule has 0 fully saturated rings. The van der Waals surface area contributed by atoms with Crippen LogP contribution in [0.2, 0.25) is 0 Å². The largest absolute Gasteiger partial charge is 0.583 e. The Morgan fingerprint density at radius 3 is 2.31 bits per heavy atom. The van der Waals surface area contributed by atoms with Crippen molar-refractivity contribution in [3.05, 3.63) is 66.0 Å². The van der Waals surface area contributed by atoms with Crippen LogP contribution in [0.25, 0.3) is 22.8 Å². The van der Waals surface area contributed by atoms with Crippen molar-refractivity contribution in [2.75, 3.05) is 0 Å². The number of aryl methyl sites for hydroxylation is 1. The molecule has 10 heteroatoms. The van der Waals surface area contributed by atoms with Gasteiger partial charge < -0.3 is 0 Å². The van der Waals surface area contributed by atoms with Crippen molar-refractivity contribution >= 4 is 0 Å². The summed E-state index contributed by atoms with van der Waals surface area (Å²) in [5, 5.41) is 8.77. The highest BCUT2D eigenvalue weighted by atomic mass is 19.4. The number of hydrogen-bond donors (Lipinski definition) is 0. The molecule has 6 heterocycles. The van der Waals surface area contributed by atoms with E-state index in [1.165, 1.54) is 4.68 Å². The molecule has 6 rings (SSSR count). The summed E-state index contributed by atoms with van der Waals surface area (Å²) in [4.78, 5) is 4.16. The summed E-state index contributed by atoms with van der Waals surface area (Å²) >= 11 is 0. The topological polar surface area (TPSA) is 56.3 Å². The Balaban J connectivity index is 1.76. The lowest BCUT2D eigenvalue weighted by atomic mass is 9.87. The molecule has 4 aromatic heterocycles. The van der Waals surface area contributed by atoms with Crippen molar-refractivity contribution in [1.29, 1.82) is 0 Å². The highest BCUT2D eigenvalue weighted by Crippen LogP contribution is 2.40. The van der Waals surface area contributed by atoms with E-state index in [9.17, 15) is 13.2 Å². The Labute approximate surface area is 181 Å². The second-order valence-electron chi connectivity index (χ2n) is 9.26. The van der Waals surface area contributed by atoms with Gasteiger partial charge in [0.2, 0.25) is 5.69 Å². The smallest absolute Gasteiger partial charge is 0.251 e. The Bertz CT molecular complexity index is 1420. The van der Waals surface area contributed by atoms with Crippen LogP contribution in [0, 0.1) is 6.92 Å². The molecule has 32 heavy (non-hydrogen) atoms. The minimum Gasteiger partial charge on any atom is -0.251 e. The lowest BCUT2D eigenvalue weighted by molar-refractivity contribution is -0.990. The van der Waals surface area contributed by atoms with E-state index in [0.717, 1.165) is 28.7 Å². The SMILES string of the molecule is Cc1cc2n(n1)C1(n3nc(C(F)(F)F)cc3-c3cncc[n+]31)[n+]1ccc(C(C)(C)C)cc1-2. The fraction of sp³-hybridized carbons (Fsp3) is 0.318. The minimum atomic E-state index is -4.57. The number of pyridine rings is 1. The third-order valence-electron chi connectivity index (χ3n) is 6.15. The van der Waals surface area contributed by atoms with Gasteiger partial charge in [0.25, 0.3) is 5.69 Å². The van der Waals surface area contributed by atoms with Crippen LogP contribution in [0.15, 0.2) is 49.1 Å². The van der Waals surface area contributed by atoms with Gasteiger partial charge in [-0.15, -0.1) is 9.36 Å². The standard InChI is InChI=1S/C22H20F3N7/c1-13-9-16-15-10-14(20(2,3)4)5-7-29(15)22(31(16)27-13)30-8-6-26-12-18(30)17-11-19(21(23,24)25)28-32(17)22/h5-12H,1-4H3/q+2. The van der Waals surface area contributed by atoms with Crippen molar-refractivity contribution in [2.45, 2.75) is 45.2 Å². The summed E-state index contributed by atoms with van der Waals surface area (Å²) in [6, 6.07) is 7.09. The molecular weight excluding hydrogens is 419 g/mol. The maximum Gasteiger partial charge on any atom is 0.583 e. The number of aromatic nitrogens is 7. The zero-order valence-electron chi connectivity index (χ0n) is 17.9. The average Bonchev–Trinajstić information content (AvgIpc) is 3.42. The number of hydrogen-bond acceptors (Lipinski definition) is 3. The third-order valence-corrected chi connectivity index (χ3v) is 6.15. The van der Waals surface area contributed by atoms with Crippen LogP contribution in [-0.2, 0) is 17.5 Å². The number of fused-ring (bicyclic) bond motifs is 10. The monoisotopic (exact) mass is 439 g/mol. The summed E-state index contributed by atoms with van der Waals surface area (Å²) in [7, 11) is 0. The third kappa shape index (κ3) is 2.19. The summed E-state index contributed by atoms with van der Waals surface area (Å²) < 4.78 is 47.9. The molecule has 0 bridgehead atoms. The van der Waals surface area contributed by atoms with Crippen LogP contribution in [0.5, 0.6) is 0 Å². The van der Waals surface area contributed by atoms with E-state index in [0.29, 0.717) is 11.4 Å². The first-order valence-corrected chi connectivity index (χ1v) is 10.2. The van der Waals surface area contributed by atoms with E-state index < -0.39 is 17.8 Å². The van der Waals surface area contributed by atoms with E-state index in [1.54, 1.807) is 23.3 Å². The van der Waals surface area contributed by atoms with Gasteiger partial charge in [-0.25, -0.2) is 0 Å². The Morgan fingerprint density at radius 1 is 0.906 bits per heavy atom. The van der Waals surface area contributed by atoms with E-state index in [1.807, 2.05) is 34.4 Å². The van der Waals surface area contributed by atoms with Crippen LogP contribution < -0.4 is 9.13 Å². The van der Waals surface area contributed by atoms with Crippen LogP contribution >= 0.6 is 0 Å². The predicted molar refractivity (Wildman–Crippen MR) is 106 cm³/mol. The van der Waals surface area contributed by atoms with Crippen LogP contribution in [0.4, 0.5) is 13.2 Å². The Hall–Kier alpha value is -3.56. The summed E-state index contributed by atoms with van der Waals surface area (Å²) in [5.74, 6) is -1.30. The molecular formula is C22H20F3N7+2. The van der Waals surface area contributed by atoms with Crippen LogP contribution in [-0.4, -0.2) is 24.5 Å². The first-order chi connectivity index (χ1) is 15.0. The first kappa shape index (κ1) is 19.1. The van der Waals surface area contributed by atoms with E-state index >= 15 is 0 Å². The first-order valence-electron chi connectivity index (χ1n) is 10.2. The number of halogens is 3. The lowest BCUT2D eigenvalue weighted by Crippen LogP contribution is -2.77. The van der Waals surface area contributed by atoms with Gasteiger partial charge in [-0.3, -0.25) is 4.98 Å². The van der Waals surface area contributed by atoms with Gasteiger partial charge >= 0.3 is 12.1 Å². The number of alkyl halides is 3. The van der Waals surface area contributed by atoms with Crippen molar-refractivity contribution in [1.82, 2.24) is 24.5 Å². The molecule has 0 aliphatic carbocycles. The Morgan fingerprint density at radius 2 is 1.59 bits per heavy atom. The van der Waals surface area contributed by atoms with E-state index in [4.69, 9.17) is 5.10 Å². The van der Waals surface area contributed by atoms with Crippen molar-refractivity contribution in [2.24, 2.45) is 0 Å². The highest BCUT2D eigenvalue weighted by molar-refractivity contribution is 5.58. The quantitative estimate of drug-likeness (QED) is 0.342. The molecule has 1 spiro atoms. The maximum absolute atomic E-state index is 13.6.